The van der Waals surface area contributed by atoms with Crippen LogP contribution >= 0.6 is 34.5 Å². The molecule has 0 aliphatic carbocycles. The second-order valence-electron chi connectivity index (χ2n) is 3.73. The van der Waals surface area contributed by atoms with Gasteiger partial charge >= 0.3 is 0 Å². The Labute approximate surface area is 130 Å². The van der Waals surface area contributed by atoms with Crippen LogP contribution in [-0.4, -0.2) is 17.6 Å². The smallest absolute Gasteiger partial charge is 0.258 e. The van der Waals surface area contributed by atoms with Crippen LogP contribution in [0.15, 0.2) is 30.3 Å². The minimum absolute atomic E-state index is 0.209. The molecule has 1 aromatic heterocycles. The zero-order valence-corrected chi connectivity index (χ0v) is 12.4. The fourth-order valence-corrected chi connectivity index (χ4v) is 2.97. The number of rotatable bonds is 2. The van der Waals surface area contributed by atoms with Crippen LogP contribution < -0.4 is 5.32 Å². The molecule has 3 nitrogen and oxygen atoms in total. The van der Waals surface area contributed by atoms with Gasteiger partial charge in [-0.2, -0.15) is 0 Å². The minimum Gasteiger partial charge on any atom is -0.384 e. The van der Waals surface area contributed by atoms with Crippen LogP contribution in [0.5, 0.6) is 0 Å². The molecule has 0 radical (unpaired) electrons. The first-order valence-corrected chi connectivity index (χ1v) is 7.13. The Balaban J connectivity index is 2.17. The number of hydrogen-bond acceptors (Lipinski definition) is 3. The molecule has 0 bridgehead atoms. The second-order valence-corrected chi connectivity index (χ2v) is 6.02. The summed E-state index contributed by atoms with van der Waals surface area (Å²) in [5.41, 5.74) is 1.64. The van der Waals surface area contributed by atoms with E-state index in [1.165, 1.54) is 6.07 Å². The molecule has 0 atom stereocenters. The zero-order chi connectivity index (χ0) is 14.5. The molecule has 20 heavy (non-hydrogen) atoms. The lowest BCUT2D eigenvalue weighted by Gasteiger charge is -2.04. The highest BCUT2D eigenvalue weighted by Crippen LogP contribution is 2.31. The Morgan fingerprint density at radius 2 is 2.15 bits per heavy atom. The molecule has 2 rings (SSSR count). The van der Waals surface area contributed by atoms with Gasteiger partial charge in [0.1, 0.15) is 10.9 Å². The number of anilines is 1. The van der Waals surface area contributed by atoms with Crippen LogP contribution in [0.3, 0.4) is 0 Å². The summed E-state index contributed by atoms with van der Waals surface area (Å²) in [6.45, 7) is -0.209. The summed E-state index contributed by atoms with van der Waals surface area (Å²) in [7, 11) is 0. The van der Waals surface area contributed by atoms with Crippen molar-refractivity contribution in [2.75, 3.05) is 11.9 Å². The van der Waals surface area contributed by atoms with E-state index in [9.17, 15) is 4.79 Å². The van der Waals surface area contributed by atoms with Crippen LogP contribution in [0.2, 0.25) is 8.67 Å². The van der Waals surface area contributed by atoms with Gasteiger partial charge in [0.25, 0.3) is 5.91 Å². The van der Waals surface area contributed by atoms with Crippen molar-refractivity contribution in [3.63, 3.8) is 0 Å². The molecular weight excluding hydrogens is 317 g/mol. The Morgan fingerprint density at radius 3 is 2.80 bits per heavy atom. The summed E-state index contributed by atoms with van der Waals surface area (Å²) < 4.78 is 0.812. The molecule has 0 saturated carbocycles. The predicted octanol–water partition coefficient (Wildman–Crippen LogP) is 3.65. The average Bonchev–Trinajstić information content (AvgIpc) is 2.76. The van der Waals surface area contributed by atoms with Crippen LogP contribution in [0.4, 0.5) is 5.69 Å². The molecule has 0 spiro atoms. The van der Waals surface area contributed by atoms with Gasteiger partial charge in [0.15, 0.2) is 0 Å². The van der Waals surface area contributed by atoms with Crippen molar-refractivity contribution in [3.8, 4) is 11.8 Å². The molecule has 1 heterocycles. The van der Waals surface area contributed by atoms with Crippen molar-refractivity contribution in [2.24, 2.45) is 0 Å². The second kappa shape index (κ2) is 6.78. The highest BCUT2D eigenvalue weighted by atomic mass is 35.5. The third-order valence-corrected chi connectivity index (χ3v) is 3.82. The first-order valence-electron chi connectivity index (χ1n) is 5.56. The van der Waals surface area contributed by atoms with Crippen molar-refractivity contribution in [1.82, 2.24) is 0 Å². The van der Waals surface area contributed by atoms with Crippen molar-refractivity contribution >= 4 is 46.1 Å². The monoisotopic (exact) mass is 325 g/mol. The highest BCUT2D eigenvalue weighted by Gasteiger charge is 2.14. The van der Waals surface area contributed by atoms with Crippen molar-refractivity contribution in [2.45, 2.75) is 0 Å². The molecular formula is C14H9Cl2NO2S. The van der Waals surface area contributed by atoms with Gasteiger partial charge < -0.3 is 10.4 Å². The SMILES string of the molecule is O=C(Nc1cccc(C#CCO)c1)c1cc(Cl)sc1Cl. The summed E-state index contributed by atoms with van der Waals surface area (Å²) in [5, 5.41) is 11.4. The first-order chi connectivity index (χ1) is 9.60. The van der Waals surface area contributed by atoms with Crippen LogP contribution in [0.1, 0.15) is 15.9 Å². The van der Waals surface area contributed by atoms with Gasteiger partial charge in [0.05, 0.1) is 9.90 Å². The molecule has 1 aromatic carbocycles. The Hall–Kier alpha value is -1.51. The van der Waals surface area contributed by atoms with E-state index in [0.717, 1.165) is 11.3 Å². The summed E-state index contributed by atoms with van der Waals surface area (Å²) in [4.78, 5) is 12.1. The van der Waals surface area contributed by atoms with Crippen molar-refractivity contribution in [1.29, 1.82) is 0 Å². The summed E-state index contributed by atoms with van der Waals surface area (Å²) >= 11 is 12.9. The Bertz CT molecular complexity index is 701. The first kappa shape index (κ1) is 14.9. The summed E-state index contributed by atoms with van der Waals surface area (Å²) in [5.74, 6) is 4.98. The lowest BCUT2D eigenvalue weighted by Crippen LogP contribution is -2.11. The molecule has 0 aliphatic heterocycles. The van der Waals surface area contributed by atoms with E-state index in [0.29, 0.717) is 25.5 Å². The molecule has 2 N–H and O–H groups in total. The standard InChI is InChI=1S/C14H9Cl2NO2S/c15-12-8-11(13(16)20-12)14(19)17-10-5-1-3-9(7-10)4-2-6-18/h1,3,5,7-8,18H,6H2,(H,17,19). The topological polar surface area (TPSA) is 49.3 Å². The fourth-order valence-electron chi connectivity index (χ4n) is 1.51. The largest absolute Gasteiger partial charge is 0.384 e. The van der Waals surface area contributed by atoms with Gasteiger partial charge in [-0.25, -0.2) is 0 Å². The van der Waals surface area contributed by atoms with Crippen molar-refractivity contribution < 1.29 is 9.90 Å². The van der Waals surface area contributed by atoms with E-state index in [4.69, 9.17) is 28.3 Å². The predicted molar refractivity (Wildman–Crippen MR) is 82.7 cm³/mol. The van der Waals surface area contributed by atoms with E-state index in [1.807, 2.05) is 0 Å². The maximum Gasteiger partial charge on any atom is 0.258 e. The zero-order valence-electron chi connectivity index (χ0n) is 10.1. The molecule has 0 aliphatic rings. The molecule has 102 valence electrons. The van der Waals surface area contributed by atoms with E-state index in [2.05, 4.69) is 17.2 Å². The van der Waals surface area contributed by atoms with Crippen LogP contribution in [0.25, 0.3) is 0 Å². The lowest BCUT2D eigenvalue weighted by molar-refractivity contribution is 0.102. The highest BCUT2D eigenvalue weighted by molar-refractivity contribution is 7.20. The molecule has 0 saturated heterocycles. The average molecular weight is 326 g/mol. The van der Waals surface area contributed by atoms with Crippen molar-refractivity contribution in [3.05, 3.63) is 50.1 Å². The molecule has 6 heteroatoms. The molecule has 0 fully saturated rings. The number of benzene rings is 1. The van der Waals surface area contributed by atoms with E-state index < -0.39 is 0 Å². The minimum atomic E-state index is -0.328. The third kappa shape index (κ3) is 3.75. The van der Waals surface area contributed by atoms with E-state index >= 15 is 0 Å². The number of thiophene rings is 1. The quantitative estimate of drug-likeness (QED) is 0.828. The van der Waals surface area contributed by atoms with Gasteiger partial charge in [-0.3, -0.25) is 4.79 Å². The number of carbonyl (C=O) groups excluding carboxylic acids is 1. The van der Waals surface area contributed by atoms with E-state index in [-0.39, 0.29) is 12.5 Å². The number of hydrogen-bond donors (Lipinski definition) is 2. The number of halogens is 2. The summed E-state index contributed by atoms with van der Waals surface area (Å²) in [6.07, 6.45) is 0. The van der Waals surface area contributed by atoms with Crippen LogP contribution in [-0.2, 0) is 0 Å². The van der Waals surface area contributed by atoms with E-state index in [1.54, 1.807) is 24.3 Å². The number of carbonyl (C=O) groups is 1. The Morgan fingerprint density at radius 1 is 1.35 bits per heavy atom. The van der Waals surface area contributed by atoms with Gasteiger partial charge in [0, 0.05) is 11.3 Å². The van der Waals surface area contributed by atoms with Gasteiger partial charge in [-0.15, -0.1) is 11.3 Å². The fraction of sp³-hybridized carbons (Fsp3) is 0.0714. The molecule has 0 unspecified atom stereocenters. The number of amides is 1. The molecule has 2 aromatic rings. The number of aliphatic hydroxyl groups is 1. The van der Waals surface area contributed by atoms with Gasteiger partial charge in [-0.1, -0.05) is 41.1 Å². The summed E-state index contributed by atoms with van der Waals surface area (Å²) in [6, 6.07) is 8.53. The van der Waals surface area contributed by atoms with Gasteiger partial charge in [-0.05, 0) is 24.3 Å². The maximum absolute atomic E-state index is 12.1. The van der Waals surface area contributed by atoms with Gasteiger partial charge in [0.2, 0.25) is 0 Å². The Kier molecular flexibility index (Phi) is 5.05. The third-order valence-electron chi connectivity index (χ3n) is 2.33. The van der Waals surface area contributed by atoms with Crippen LogP contribution in [0, 0.1) is 11.8 Å². The molecule has 1 amide bonds. The normalized spacial score (nSPS) is 9.75. The number of aliphatic hydroxyl groups excluding tert-OH is 1. The number of nitrogens with one attached hydrogen (secondary N) is 1. The maximum atomic E-state index is 12.1. The lowest BCUT2D eigenvalue weighted by atomic mass is 10.2.